The summed E-state index contributed by atoms with van der Waals surface area (Å²) in [4.78, 5) is 30.8. The number of anilines is 2. The van der Waals surface area contributed by atoms with Gasteiger partial charge in [-0.2, -0.15) is 0 Å². The highest BCUT2D eigenvalue weighted by atomic mass is 16.5. The van der Waals surface area contributed by atoms with Gasteiger partial charge in [-0.05, 0) is 71.7 Å². The molecule has 3 N–H and O–H groups in total. The molecule has 0 spiro atoms. The summed E-state index contributed by atoms with van der Waals surface area (Å²) in [6.45, 7) is 4.59. The van der Waals surface area contributed by atoms with Crippen LogP contribution < -0.4 is 16.0 Å². The average molecular weight is 567 g/mol. The summed E-state index contributed by atoms with van der Waals surface area (Å²) in [6.07, 6.45) is 6.13. The molecule has 7 nitrogen and oxygen atoms in total. The number of carbonyl (C=O) groups is 2. The van der Waals surface area contributed by atoms with Crippen LogP contribution in [-0.2, 0) is 34.0 Å². The zero-order valence-corrected chi connectivity index (χ0v) is 24.4. The maximum atomic E-state index is 13.3. The van der Waals surface area contributed by atoms with Crippen LogP contribution in [-0.4, -0.2) is 43.0 Å². The van der Waals surface area contributed by atoms with Crippen molar-refractivity contribution in [1.82, 2.24) is 4.90 Å². The molecule has 1 heterocycles. The summed E-state index contributed by atoms with van der Waals surface area (Å²) >= 11 is 0. The molecule has 6 rings (SSSR count). The summed E-state index contributed by atoms with van der Waals surface area (Å²) in [6, 6.07) is 23.0. The number of nitrogens with zero attached hydrogens (tertiary/aromatic N) is 2. The monoisotopic (exact) mass is 566 g/mol. The van der Waals surface area contributed by atoms with Crippen LogP contribution in [0.15, 0.2) is 66.7 Å². The lowest BCUT2D eigenvalue weighted by Crippen LogP contribution is -2.37. The Kier molecular flexibility index (Phi) is 8.87. The largest absolute Gasteiger partial charge is 0.378 e. The molecule has 42 heavy (non-hydrogen) atoms. The molecule has 1 aliphatic heterocycles. The van der Waals surface area contributed by atoms with E-state index in [9.17, 15) is 9.59 Å². The standard InChI is InChI=1S/C35H42N4O3/c36-22-25-5-3-6-26(19-25)23-39(35(41)29-11-12-29)24-27-7-4-10-30(20-27)31-13-14-33(38-15-17-42-18-16-38)32(21-31)37-34(40)28-8-1-2-9-28/h3-7,10,13-14,19-21,28-29H,1-2,8-9,11-12,15-18,22-24,36H2,(H,37,40). The first-order valence-electron chi connectivity index (χ1n) is 15.5. The van der Waals surface area contributed by atoms with Gasteiger partial charge in [-0.1, -0.05) is 61.4 Å². The third-order valence-electron chi connectivity index (χ3n) is 8.80. The van der Waals surface area contributed by atoms with Gasteiger partial charge in [0.1, 0.15) is 0 Å². The second-order valence-electron chi connectivity index (χ2n) is 12.0. The van der Waals surface area contributed by atoms with Crippen molar-refractivity contribution in [1.29, 1.82) is 0 Å². The topological polar surface area (TPSA) is 87.9 Å². The lowest BCUT2D eigenvalue weighted by atomic mass is 10.0. The molecule has 220 valence electrons. The van der Waals surface area contributed by atoms with Crippen molar-refractivity contribution in [2.45, 2.75) is 58.2 Å². The third-order valence-corrected chi connectivity index (χ3v) is 8.80. The van der Waals surface area contributed by atoms with Crippen molar-refractivity contribution >= 4 is 23.2 Å². The fraction of sp³-hybridized carbons (Fsp3) is 0.429. The van der Waals surface area contributed by atoms with Gasteiger partial charge in [-0.15, -0.1) is 0 Å². The van der Waals surface area contributed by atoms with Gasteiger partial charge in [0, 0.05) is 44.6 Å². The van der Waals surface area contributed by atoms with Crippen LogP contribution in [0, 0.1) is 11.8 Å². The molecule has 3 aromatic rings. The zero-order valence-electron chi connectivity index (χ0n) is 24.4. The second-order valence-corrected chi connectivity index (χ2v) is 12.0. The number of nitrogens with two attached hydrogens (primary N) is 1. The predicted molar refractivity (Wildman–Crippen MR) is 167 cm³/mol. The Labute approximate surface area is 249 Å². The molecule has 2 aliphatic carbocycles. The SMILES string of the molecule is NCc1cccc(CN(Cc2cccc(-c3ccc(N4CCOCC4)c(NC(=O)C4CCCC4)c3)c2)C(=O)C2CC2)c1. The van der Waals surface area contributed by atoms with Crippen molar-refractivity contribution in [2.75, 3.05) is 36.5 Å². The number of nitrogens with one attached hydrogen (secondary N) is 1. The van der Waals surface area contributed by atoms with Gasteiger partial charge >= 0.3 is 0 Å². The normalized spacial score (nSPS) is 17.3. The lowest BCUT2D eigenvalue weighted by Gasteiger charge is -2.31. The van der Waals surface area contributed by atoms with E-state index in [-0.39, 0.29) is 23.7 Å². The van der Waals surface area contributed by atoms with Gasteiger partial charge < -0.3 is 25.6 Å². The van der Waals surface area contributed by atoms with E-state index in [4.69, 9.17) is 10.5 Å². The van der Waals surface area contributed by atoms with Crippen molar-refractivity contribution < 1.29 is 14.3 Å². The minimum Gasteiger partial charge on any atom is -0.378 e. The fourth-order valence-electron chi connectivity index (χ4n) is 6.26. The van der Waals surface area contributed by atoms with Gasteiger partial charge in [0.05, 0.1) is 24.6 Å². The number of benzene rings is 3. The summed E-state index contributed by atoms with van der Waals surface area (Å²) < 4.78 is 5.58. The molecular weight excluding hydrogens is 524 g/mol. The van der Waals surface area contributed by atoms with E-state index in [2.05, 4.69) is 64.8 Å². The van der Waals surface area contributed by atoms with E-state index in [0.717, 1.165) is 90.8 Å². The molecular formula is C35H42N4O3. The number of hydrogen-bond donors (Lipinski definition) is 2. The van der Waals surface area contributed by atoms with E-state index < -0.39 is 0 Å². The first kappa shape index (κ1) is 28.4. The Balaban J connectivity index is 1.25. The maximum Gasteiger partial charge on any atom is 0.227 e. The fourth-order valence-corrected chi connectivity index (χ4v) is 6.26. The molecule has 0 atom stereocenters. The van der Waals surface area contributed by atoms with E-state index in [1.54, 1.807) is 0 Å². The number of rotatable bonds is 10. The van der Waals surface area contributed by atoms with Gasteiger partial charge in [-0.3, -0.25) is 9.59 Å². The Bertz CT molecular complexity index is 1410. The maximum absolute atomic E-state index is 13.3. The van der Waals surface area contributed by atoms with E-state index in [1.807, 2.05) is 17.0 Å². The van der Waals surface area contributed by atoms with Crippen LogP contribution in [0.3, 0.4) is 0 Å². The molecule has 0 radical (unpaired) electrons. The van der Waals surface area contributed by atoms with Gasteiger partial charge in [0.15, 0.2) is 0 Å². The Morgan fingerprint density at radius 2 is 1.48 bits per heavy atom. The average Bonchev–Trinajstić information content (AvgIpc) is 3.73. The number of amides is 2. The molecule has 0 unspecified atom stereocenters. The van der Waals surface area contributed by atoms with Gasteiger partial charge in [-0.25, -0.2) is 0 Å². The predicted octanol–water partition coefficient (Wildman–Crippen LogP) is 5.72. The van der Waals surface area contributed by atoms with E-state index in [1.165, 1.54) is 0 Å². The van der Waals surface area contributed by atoms with Gasteiger partial charge in [0.25, 0.3) is 0 Å². The van der Waals surface area contributed by atoms with E-state index in [0.29, 0.717) is 32.8 Å². The van der Waals surface area contributed by atoms with Crippen molar-refractivity contribution in [2.24, 2.45) is 17.6 Å². The Hall–Kier alpha value is -3.68. The third kappa shape index (κ3) is 6.85. The summed E-state index contributed by atoms with van der Waals surface area (Å²) in [5.74, 6) is 0.589. The van der Waals surface area contributed by atoms with Crippen molar-refractivity contribution in [3.63, 3.8) is 0 Å². The smallest absolute Gasteiger partial charge is 0.227 e. The molecule has 3 fully saturated rings. The zero-order chi connectivity index (χ0) is 28.9. The highest BCUT2D eigenvalue weighted by molar-refractivity contribution is 5.97. The van der Waals surface area contributed by atoms with Crippen LogP contribution >= 0.6 is 0 Å². The van der Waals surface area contributed by atoms with Crippen LogP contribution in [0.4, 0.5) is 11.4 Å². The summed E-state index contributed by atoms with van der Waals surface area (Å²) in [5, 5.41) is 3.29. The summed E-state index contributed by atoms with van der Waals surface area (Å²) in [7, 11) is 0. The van der Waals surface area contributed by atoms with Crippen molar-refractivity contribution in [3.05, 3.63) is 83.4 Å². The molecule has 7 heteroatoms. The highest BCUT2D eigenvalue weighted by Gasteiger charge is 2.33. The molecule has 2 saturated carbocycles. The molecule has 3 aliphatic rings. The molecule has 0 aromatic heterocycles. The van der Waals surface area contributed by atoms with Crippen LogP contribution in [0.2, 0.25) is 0 Å². The first-order chi connectivity index (χ1) is 20.6. The van der Waals surface area contributed by atoms with Crippen LogP contribution in [0.5, 0.6) is 0 Å². The van der Waals surface area contributed by atoms with Crippen LogP contribution in [0.1, 0.15) is 55.2 Å². The minimum absolute atomic E-state index is 0.0926. The van der Waals surface area contributed by atoms with E-state index >= 15 is 0 Å². The minimum atomic E-state index is 0.0926. The molecule has 1 saturated heterocycles. The number of morpholine rings is 1. The van der Waals surface area contributed by atoms with Gasteiger partial charge in [0.2, 0.25) is 11.8 Å². The summed E-state index contributed by atoms with van der Waals surface area (Å²) in [5.41, 5.74) is 13.2. The highest BCUT2D eigenvalue weighted by Crippen LogP contribution is 2.35. The first-order valence-corrected chi connectivity index (χ1v) is 15.5. The molecule has 2 amide bonds. The molecule has 0 bridgehead atoms. The molecule has 3 aromatic carbocycles. The Morgan fingerprint density at radius 3 is 2.19 bits per heavy atom. The second kappa shape index (κ2) is 13.1. The van der Waals surface area contributed by atoms with Crippen molar-refractivity contribution in [3.8, 4) is 11.1 Å². The number of carbonyl (C=O) groups excluding carboxylic acids is 2. The quantitative estimate of drug-likeness (QED) is 0.328. The Morgan fingerprint density at radius 1 is 0.810 bits per heavy atom. The lowest BCUT2D eigenvalue weighted by molar-refractivity contribution is -0.133. The number of hydrogen-bond acceptors (Lipinski definition) is 5. The van der Waals surface area contributed by atoms with Crippen LogP contribution in [0.25, 0.3) is 11.1 Å². The number of ether oxygens (including phenoxy) is 1.